The van der Waals surface area contributed by atoms with E-state index in [2.05, 4.69) is 163 Å². The summed E-state index contributed by atoms with van der Waals surface area (Å²) in [4.78, 5) is 7.47. The molecule has 0 atom stereocenters. The Bertz CT molecular complexity index is 7330. The monoisotopic (exact) mass is 1810 g/mol. The Kier molecular flexibility index (Phi) is 22.7. The highest BCUT2D eigenvalue weighted by atomic mass is 28.3. The first-order valence-electron chi connectivity index (χ1n) is 44.5. The lowest BCUT2D eigenvalue weighted by Crippen LogP contribution is -2.37. The molecule has 0 spiro atoms. The van der Waals surface area contributed by atoms with Gasteiger partial charge in [-0.25, -0.2) is 35.1 Å². The summed E-state index contributed by atoms with van der Waals surface area (Å²) >= 11 is 0. The summed E-state index contributed by atoms with van der Waals surface area (Å²) in [6.45, 7) is 27.1. The molecule has 132 heavy (non-hydrogen) atoms. The Morgan fingerprint density at radius 1 is 0.167 bits per heavy atom. The molecule has 20 rings (SSSR count). The molecule has 0 fully saturated rings. The fourth-order valence-corrected chi connectivity index (χ4v) is 23.3. The van der Waals surface area contributed by atoms with Crippen LogP contribution in [0.5, 0.6) is 0 Å². The van der Waals surface area contributed by atoms with Gasteiger partial charge in [-0.1, -0.05) is 342 Å². The van der Waals surface area contributed by atoms with Crippen molar-refractivity contribution in [3.8, 4) is 44.5 Å². The van der Waals surface area contributed by atoms with Crippen LogP contribution in [0.2, 0.25) is 78.6 Å². The molecule has 652 valence electrons. The van der Waals surface area contributed by atoms with E-state index in [4.69, 9.17) is 0 Å². The summed E-state index contributed by atoms with van der Waals surface area (Å²) in [7, 11) is -6.74. The predicted molar refractivity (Wildman–Crippen MR) is 552 cm³/mol. The Hall–Kier alpha value is -14.0. The van der Waals surface area contributed by atoms with Crippen LogP contribution in [0.4, 0.5) is 103 Å². The van der Waals surface area contributed by atoms with Gasteiger partial charge in [0.1, 0.15) is 46.5 Å². The van der Waals surface area contributed by atoms with Gasteiger partial charge in [0.15, 0.2) is 0 Å². The van der Waals surface area contributed by atoms with Crippen molar-refractivity contribution in [1.82, 2.24) is 0 Å². The molecule has 20 aromatic carbocycles. The van der Waals surface area contributed by atoms with E-state index in [0.29, 0.717) is 90.0 Å². The summed E-state index contributed by atoms with van der Waals surface area (Å²) in [5.74, 6) is -5.32. The van der Waals surface area contributed by atoms with Gasteiger partial charge in [0, 0.05) is 90.8 Å². The topological polar surface area (TPSA) is 13.0 Å². The number of para-hydroxylation sites is 4. The molecule has 16 heteroatoms. The van der Waals surface area contributed by atoms with Crippen LogP contribution in [-0.2, 0) is 0 Å². The van der Waals surface area contributed by atoms with Crippen molar-refractivity contribution >= 4 is 186 Å². The highest BCUT2D eigenvalue weighted by Crippen LogP contribution is 2.53. The highest BCUT2D eigenvalue weighted by Gasteiger charge is 2.32. The molecule has 0 aliphatic carbocycles. The number of hydrogen-bond acceptors (Lipinski definition) is 4. The molecule has 0 N–H and O–H groups in total. The van der Waals surface area contributed by atoms with E-state index in [1.165, 1.54) is 20.7 Å². The molecule has 0 aliphatic heterocycles. The van der Waals surface area contributed by atoms with Gasteiger partial charge >= 0.3 is 0 Å². The average Bonchev–Trinajstić information content (AvgIpc) is 0.719. The van der Waals surface area contributed by atoms with E-state index in [-0.39, 0.29) is 22.7 Å². The first-order chi connectivity index (χ1) is 63.3. The van der Waals surface area contributed by atoms with Gasteiger partial charge in [-0.2, -0.15) is 0 Å². The second-order valence-corrected chi connectivity index (χ2v) is 58.6. The lowest BCUT2D eigenvalue weighted by atomic mass is 9.91. The molecule has 0 bridgehead atoms. The molecule has 0 saturated heterocycles. The zero-order chi connectivity index (χ0) is 92.1. The maximum atomic E-state index is 16.6. The van der Waals surface area contributed by atoms with E-state index in [9.17, 15) is 0 Å². The number of nitrogens with zero attached hydrogens (tertiary/aromatic N) is 4. The van der Waals surface area contributed by atoms with Crippen LogP contribution in [0.1, 0.15) is 0 Å². The Morgan fingerprint density at radius 2 is 0.386 bits per heavy atom. The van der Waals surface area contributed by atoms with Crippen molar-refractivity contribution in [1.29, 1.82) is 0 Å². The van der Waals surface area contributed by atoms with E-state index in [1.54, 1.807) is 24.3 Å². The second kappa shape index (κ2) is 34.4. The third-order valence-electron chi connectivity index (χ3n) is 25.6. The van der Waals surface area contributed by atoms with Crippen LogP contribution >= 0.6 is 0 Å². The summed E-state index contributed by atoms with van der Waals surface area (Å²) in [6, 6.07) is 113. The van der Waals surface area contributed by atoms with Crippen LogP contribution in [-0.4, -0.2) is 32.3 Å². The Morgan fingerprint density at radius 3 is 0.614 bits per heavy atom. The molecule has 20 aromatic rings. The standard InChI is InChI=1S/2C58H48F4N2Si2/c1-65(2,3)43-21-13-15-39(31-43)47-33-55(51(61)35-49(47)59)63(41-17-9-7-10-18-41)53-29-25-37-24-28-46-54(30-26-38-23-27-45(53)57(37)58(38)46)64(42-19-11-8-12-20-42)56-34-48(50(60)36-52(56)62)40-16-14-22-44(32-40)66(4,5)6;1-65(2,3)43-25-17-37(18-26-43)47-33-55(51(61)35-49(47)59)63(41-13-9-7-10-14-41)53-31-23-39-22-30-46-54(32-24-40-21-29-45(53)57(39)58(40)46)64(42-15-11-8-12-16-42)56-34-48(50(60)36-52(56)62)38-19-27-44(28-20-38)66(4,5)6/h2*7-36H,1-6H3. The first-order valence-corrected chi connectivity index (χ1v) is 58.5. The molecular weight excluding hydrogens is 1710 g/mol. The molecule has 0 unspecified atom stereocenters. The minimum Gasteiger partial charge on any atom is -0.307 e. The summed E-state index contributed by atoms with van der Waals surface area (Å²) in [5, 5.41) is 15.8. The second-order valence-electron chi connectivity index (χ2n) is 38.3. The average molecular weight is 1810 g/mol. The van der Waals surface area contributed by atoms with E-state index < -0.39 is 78.8 Å². The zero-order valence-corrected chi connectivity index (χ0v) is 79.5. The fourth-order valence-electron chi connectivity index (χ4n) is 18.6. The van der Waals surface area contributed by atoms with Crippen molar-refractivity contribution in [2.75, 3.05) is 19.6 Å². The third-order valence-corrected chi connectivity index (χ3v) is 33.8. The number of halogens is 8. The van der Waals surface area contributed by atoms with Crippen molar-refractivity contribution < 1.29 is 35.1 Å². The summed E-state index contributed by atoms with van der Waals surface area (Å²) in [6.07, 6.45) is 0. The smallest absolute Gasteiger partial charge is 0.150 e. The first kappa shape index (κ1) is 87.3. The summed E-state index contributed by atoms with van der Waals surface area (Å²) < 4.78 is 130. The molecular formula is C116H96F8N4Si4. The number of anilines is 12. The zero-order valence-electron chi connectivity index (χ0n) is 75.5. The molecule has 0 heterocycles. The molecule has 4 nitrogen and oxygen atoms in total. The van der Waals surface area contributed by atoms with E-state index in [0.717, 1.165) is 88.9 Å². The van der Waals surface area contributed by atoms with Crippen LogP contribution in [0.15, 0.2) is 364 Å². The van der Waals surface area contributed by atoms with E-state index in [1.807, 2.05) is 250 Å². The van der Waals surface area contributed by atoms with Crippen LogP contribution in [0.25, 0.3) is 109 Å². The number of rotatable bonds is 20. The molecule has 0 saturated carbocycles. The SMILES string of the molecule is C[Si](C)(C)c1ccc(-c2cc(N(c3ccccc3)c3ccc4ccc5c(N(c6ccccc6)c6cc(-c7ccc([Si](C)(C)C)cc7)c(F)cc6F)ccc6ccc3c4c65)c(F)cc2F)cc1.C[Si](C)(C)c1cccc(-c2cc(N(c3ccccc3)c3ccc4ccc5c(N(c6ccccc6)c6cc(-c7cccc([Si](C)(C)C)c7)c(F)cc6F)ccc6ccc3c4c65)c(F)cc2F)c1. The Balaban J connectivity index is 0.000000170. The lowest BCUT2D eigenvalue weighted by molar-refractivity contribution is 0.586. The van der Waals surface area contributed by atoms with Crippen molar-refractivity contribution in [2.24, 2.45) is 0 Å². The highest BCUT2D eigenvalue weighted by molar-refractivity contribution is 6.90. The van der Waals surface area contributed by atoms with Crippen molar-refractivity contribution in [3.63, 3.8) is 0 Å². The largest absolute Gasteiger partial charge is 0.307 e. The van der Waals surface area contributed by atoms with E-state index >= 15 is 35.1 Å². The minimum absolute atomic E-state index is 0.204. The van der Waals surface area contributed by atoms with Crippen molar-refractivity contribution in [3.05, 3.63) is 411 Å². The van der Waals surface area contributed by atoms with Crippen LogP contribution in [0.3, 0.4) is 0 Å². The number of hydrogen-bond donors (Lipinski definition) is 0. The molecule has 0 aromatic heterocycles. The van der Waals surface area contributed by atoms with Crippen LogP contribution < -0.4 is 40.3 Å². The van der Waals surface area contributed by atoms with Gasteiger partial charge < -0.3 is 19.6 Å². The maximum Gasteiger partial charge on any atom is 0.150 e. The fraction of sp³-hybridized carbons (Fsp3) is 0.103. The molecule has 0 aliphatic rings. The Labute approximate surface area is 768 Å². The molecule has 0 radical (unpaired) electrons. The van der Waals surface area contributed by atoms with Gasteiger partial charge in [0.05, 0.1) is 77.8 Å². The van der Waals surface area contributed by atoms with Gasteiger partial charge in [-0.15, -0.1) is 0 Å². The van der Waals surface area contributed by atoms with Gasteiger partial charge in [-0.05, 0) is 162 Å². The van der Waals surface area contributed by atoms with Gasteiger partial charge in [0.25, 0.3) is 0 Å². The summed E-state index contributed by atoms with van der Waals surface area (Å²) in [5.41, 5.74) is 10.4. The normalized spacial score (nSPS) is 12.1. The predicted octanol–water partition coefficient (Wildman–Crippen LogP) is 33.0. The van der Waals surface area contributed by atoms with Gasteiger partial charge in [-0.3, -0.25) is 0 Å². The minimum atomic E-state index is -1.75. The maximum absolute atomic E-state index is 16.6. The van der Waals surface area contributed by atoms with Crippen LogP contribution in [0, 0.1) is 46.5 Å². The lowest BCUT2D eigenvalue weighted by Gasteiger charge is -2.30. The van der Waals surface area contributed by atoms with Gasteiger partial charge in [0.2, 0.25) is 0 Å². The van der Waals surface area contributed by atoms with Crippen molar-refractivity contribution in [2.45, 2.75) is 78.6 Å². The molecule has 0 amide bonds. The number of benzene rings is 20. The third kappa shape index (κ3) is 16.4. The quantitative estimate of drug-likeness (QED) is 0.0428.